The molecule has 1 aromatic carbocycles. The Kier molecular flexibility index (Phi) is 4.40. The fraction of sp³-hybridized carbons (Fsp3) is 0.286. The van der Waals surface area contributed by atoms with Gasteiger partial charge in [-0.05, 0) is 24.6 Å². The molecule has 29 heavy (non-hydrogen) atoms. The lowest BCUT2D eigenvalue weighted by atomic mass is 10.0. The Labute approximate surface area is 167 Å². The monoisotopic (exact) mass is 392 g/mol. The van der Waals surface area contributed by atoms with E-state index in [1.807, 2.05) is 24.3 Å². The van der Waals surface area contributed by atoms with Gasteiger partial charge in [0.2, 0.25) is 6.79 Å². The maximum absolute atomic E-state index is 12.6. The van der Waals surface area contributed by atoms with Gasteiger partial charge in [0.05, 0.1) is 12.8 Å². The van der Waals surface area contributed by atoms with E-state index < -0.39 is 0 Å². The van der Waals surface area contributed by atoms with Gasteiger partial charge in [0.1, 0.15) is 11.6 Å². The van der Waals surface area contributed by atoms with Crippen LogP contribution in [0.1, 0.15) is 16.8 Å². The van der Waals surface area contributed by atoms with E-state index in [9.17, 15) is 4.79 Å². The number of hydrogen-bond donors (Lipinski definition) is 1. The van der Waals surface area contributed by atoms with E-state index in [1.165, 1.54) is 0 Å². The third-order valence-electron chi connectivity index (χ3n) is 5.28. The zero-order valence-electron chi connectivity index (χ0n) is 16.0. The standard InChI is InChI=1S/C21H20N4O4/c1-27-17-9-19-18(28-12-29-19)8-14(17)10-25-7-4-15-16(11-25)23-20(24-21(15)26)13-2-5-22-6-3-13/h2-3,5-6,8-9H,4,7,10-12H2,1H3,(H,23,24,26). The number of hydrogen-bond acceptors (Lipinski definition) is 7. The lowest BCUT2D eigenvalue weighted by molar-refractivity contribution is 0.173. The first-order valence-electron chi connectivity index (χ1n) is 9.42. The summed E-state index contributed by atoms with van der Waals surface area (Å²) in [5.74, 6) is 2.76. The van der Waals surface area contributed by atoms with Gasteiger partial charge in [-0.2, -0.15) is 0 Å². The van der Waals surface area contributed by atoms with Crippen molar-refractivity contribution in [1.29, 1.82) is 0 Å². The molecular formula is C21H20N4O4. The molecular weight excluding hydrogens is 372 g/mol. The minimum atomic E-state index is -0.0675. The highest BCUT2D eigenvalue weighted by molar-refractivity contribution is 5.54. The summed E-state index contributed by atoms with van der Waals surface area (Å²) in [5.41, 5.74) is 3.36. The van der Waals surface area contributed by atoms with Crippen LogP contribution in [0.25, 0.3) is 11.4 Å². The molecule has 0 aliphatic carbocycles. The van der Waals surface area contributed by atoms with Crippen molar-refractivity contribution in [3.05, 3.63) is 63.8 Å². The van der Waals surface area contributed by atoms with Crippen LogP contribution in [0.5, 0.6) is 17.2 Å². The number of benzene rings is 1. The predicted molar refractivity (Wildman–Crippen MR) is 105 cm³/mol. The number of fused-ring (bicyclic) bond motifs is 2. The van der Waals surface area contributed by atoms with Crippen LogP contribution >= 0.6 is 0 Å². The third kappa shape index (κ3) is 3.31. The summed E-state index contributed by atoms with van der Waals surface area (Å²) in [6.07, 6.45) is 4.03. The number of aromatic nitrogens is 3. The fourth-order valence-corrected chi connectivity index (χ4v) is 3.80. The first-order valence-corrected chi connectivity index (χ1v) is 9.42. The molecule has 2 aliphatic heterocycles. The van der Waals surface area contributed by atoms with Gasteiger partial charge < -0.3 is 19.2 Å². The molecule has 0 fully saturated rings. The van der Waals surface area contributed by atoms with Gasteiger partial charge in [-0.3, -0.25) is 14.7 Å². The average molecular weight is 392 g/mol. The van der Waals surface area contributed by atoms with Crippen molar-refractivity contribution in [2.45, 2.75) is 19.5 Å². The molecule has 0 atom stereocenters. The quantitative estimate of drug-likeness (QED) is 0.727. The van der Waals surface area contributed by atoms with E-state index in [1.54, 1.807) is 19.5 Å². The smallest absolute Gasteiger partial charge is 0.254 e. The van der Waals surface area contributed by atoms with Gasteiger partial charge in [-0.15, -0.1) is 0 Å². The molecule has 0 saturated heterocycles. The molecule has 1 N–H and O–H groups in total. The molecule has 0 bridgehead atoms. The van der Waals surface area contributed by atoms with Crippen molar-refractivity contribution in [2.24, 2.45) is 0 Å². The molecule has 2 aliphatic rings. The molecule has 3 aromatic rings. The Balaban J connectivity index is 1.43. The van der Waals surface area contributed by atoms with Crippen LogP contribution < -0.4 is 19.8 Å². The number of ether oxygens (including phenoxy) is 3. The van der Waals surface area contributed by atoms with Crippen LogP contribution in [0, 0.1) is 0 Å². The van der Waals surface area contributed by atoms with Crippen LogP contribution in [-0.2, 0) is 19.5 Å². The van der Waals surface area contributed by atoms with E-state index in [0.29, 0.717) is 31.1 Å². The highest BCUT2D eigenvalue weighted by atomic mass is 16.7. The minimum absolute atomic E-state index is 0.0675. The van der Waals surface area contributed by atoms with Gasteiger partial charge in [-0.1, -0.05) is 0 Å². The van der Waals surface area contributed by atoms with Gasteiger partial charge in [0.15, 0.2) is 11.5 Å². The van der Waals surface area contributed by atoms with Crippen molar-refractivity contribution in [1.82, 2.24) is 19.9 Å². The van der Waals surface area contributed by atoms with Crippen LogP contribution in [-0.4, -0.2) is 40.3 Å². The Bertz CT molecular complexity index is 1110. The lowest BCUT2D eigenvalue weighted by Gasteiger charge is -2.28. The van der Waals surface area contributed by atoms with E-state index >= 15 is 0 Å². The molecule has 5 rings (SSSR count). The number of H-pyrrole nitrogens is 1. The first-order chi connectivity index (χ1) is 14.2. The van der Waals surface area contributed by atoms with Crippen molar-refractivity contribution >= 4 is 0 Å². The van der Waals surface area contributed by atoms with E-state index in [2.05, 4.69) is 14.9 Å². The molecule has 8 nitrogen and oxygen atoms in total. The van der Waals surface area contributed by atoms with Crippen molar-refractivity contribution in [3.63, 3.8) is 0 Å². The van der Waals surface area contributed by atoms with Gasteiger partial charge in [0.25, 0.3) is 5.56 Å². The molecule has 148 valence electrons. The zero-order valence-corrected chi connectivity index (χ0v) is 16.0. The van der Waals surface area contributed by atoms with Gasteiger partial charge in [-0.25, -0.2) is 4.98 Å². The van der Waals surface area contributed by atoms with Crippen LogP contribution in [0.3, 0.4) is 0 Å². The highest BCUT2D eigenvalue weighted by Gasteiger charge is 2.24. The largest absolute Gasteiger partial charge is 0.496 e. The molecule has 0 amide bonds. The van der Waals surface area contributed by atoms with Crippen LogP contribution in [0.4, 0.5) is 0 Å². The Hall–Kier alpha value is -3.39. The molecule has 0 spiro atoms. The molecule has 0 radical (unpaired) electrons. The maximum Gasteiger partial charge on any atom is 0.254 e. The van der Waals surface area contributed by atoms with E-state index in [-0.39, 0.29) is 12.4 Å². The zero-order chi connectivity index (χ0) is 19.8. The topological polar surface area (TPSA) is 89.6 Å². The summed E-state index contributed by atoms with van der Waals surface area (Å²) >= 11 is 0. The number of nitrogens with zero attached hydrogens (tertiary/aromatic N) is 3. The summed E-state index contributed by atoms with van der Waals surface area (Å²) < 4.78 is 16.5. The van der Waals surface area contributed by atoms with Crippen molar-refractivity contribution in [3.8, 4) is 28.6 Å². The number of nitrogens with one attached hydrogen (secondary N) is 1. The molecule has 4 heterocycles. The molecule has 8 heteroatoms. The number of pyridine rings is 1. The van der Waals surface area contributed by atoms with Crippen LogP contribution in [0.2, 0.25) is 0 Å². The second-order valence-electron chi connectivity index (χ2n) is 7.05. The van der Waals surface area contributed by atoms with Gasteiger partial charge >= 0.3 is 0 Å². The summed E-state index contributed by atoms with van der Waals surface area (Å²) in [7, 11) is 1.65. The Morgan fingerprint density at radius 3 is 2.79 bits per heavy atom. The fourth-order valence-electron chi connectivity index (χ4n) is 3.80. The maximum atomic E-state index is 12.6. The Morgan fingerprint density at radius 2 is 2.00 bits per heavy atom. The summed E-state index contributed by atoms with van der Waals surface area (Å²) in [5, 5.41) is 0. The molecule has 0 saturated carbocycles. The highest BCUT2D eigenvalue weighted by Crippen LogP contribution is 2.38. The second-order valence-corrected chi connectivity index (χ2v) is 7.05. The van der Waals surface area contributed by atoms with Crippen molar-refractivity contribution < 1.29 is 14.2 Å². The predicted octanol–water partition coefficient (Wildman–Crippen LogP) is 2.13. The number of methoxy groups -OCH3 is 1. The SMILES string of the molecule is COc1cc2c(cc1CN1CCc3c(nc(-c4ccncc4)[nH]c3=O)C1)OCO2. The number of aromatic amines is 1. The second kappa shape index (κ2) is 7.21. The summed E-state index contributed by atoms with van der Waals surface area (Å²) in [6.45, 7) is 2.25. The lowest BCUT2D eigenvalue weighted by Crippen LogP contribution is -2.35. The normalized spacial score (nSPS) is 15.2. The molecule has 0 unspecified atom stereocenters. The summed E-state index contributed by atoms with van der Waals surface area (Å²) in [4.78, 5) is 26.5. The van der Waals surface area contributed by atoms with Crippen molar-refractivity contribution in [2.75, 3.05) is 20.4 Å². The Morgan fingerprint density at radius 1 is 1.21 bits per heavy atom. The van der Waals surface area contributed by atoms with E-state index in [4.69, 9.17) is 19.2 Å². The van der Waals surface area contributed by atoms with Crippen LogP contribution in [0.15, 0.2) is 41.5 Å². The number of rotatable bonds is 4. The minimum Gasteiger partial charge on any atom is -0.496 e. The molecule has 2 aromatic heterocycles. The summed E-state index contributed by atoms with van der Waals surface area (Å²) in [6, 6.07) is 7.50. The third-order valence-corrected chi connectivity index (χ3v) is 5.28. The first kappa shape index (κ1) is 17.7. The van der Waals surface area contributed by atoms with Gasteiger partial charge in [0, 0.05) is 54.8 Å². The average Bonchev–Trinajstić information content (AvgIpc) is 3.21. The van der Waals surface area contributed by atoms with E-state index in [0.717, 1.165) is 40.4 Å².